The zero-order valence-corrected chi connectivity index (χ0v) is 12.4. The minimum Gasteiger partial charge on any atom is -0.0836 e. The van der Waals surface area contributed by atoms with Gasteiger partial charge in [0.1, 0.15) is 0 Å². The molecule has 0 bridgehead atoms. The Labute approximate surface area is 109 Å². The molecule has 90 valence electrons. The molecule has 1 rings (SSSR count). The van der Waals surface area contributed by atoms with E-state index in [1.807, 2.05) is 0 Å². The molecule has 0 amide bonds. The van der Waals surface area contributed by atoms with Gasteiger partial charge in [-0.2, -0.15) is 0 Å². The Morgan fingerprint density at radius 2 is 1.38 bits per heavy atom. The van der Waals surface area contributed by atoms with Crippen LogP contribution in [0.2, 0.25) is 0 Å². The quantitative estimate of drug-likeness (QED) is 0.610. The maximum Gasteiger partial charge on any atom is 0.0423 e. The van der Waals surface area contributed by atoms with E-state index < -0.39 is 0 Å². The lowest BCUT2D eigenvalue weighted by molar-refractivity contribution is 0.486. The van der Waals surface area contributed by atoms with E-state index in [9.17, 15) is 0 Å². The molecule has 0 saturated carbocycles. The van der Waals surface area contributed by atoms with Crippen LogP contribution in [-0.4, -0.2) is 0 Å². The van der Waals surface area contributed by atoms with Crippen molar-refractivity contribution in [2.75, 3.05) is 0 Å². The number of hydrogen-bond donors (Lipinski definition) is 0. The second kappa shape index (κ2) is 6.44. The van der Waals surface area contributed by atoms with Crippen molar-refractivity contribution in [3.05, 3.63) is 35.4 Å². The first-order chi connectivity index (χ1) is 7.60. The predicted molar refractivity (Wildman–Crippen MR) is 76.3 cm³/mol. The number of benzene rings is 1. The van der Waals surface area contributed by atoms with E-state index in [-0.39, 0.29) is 0 Å². The molecule has 0 spiro atoms. The van der Waals surface area contributed by atoms with Crippen LogP contribution >= 0.6 is 15.9 Å². The molecule has 0 saturated heterocycles. The van der Waals surface area contributed by atoms with Crippen molar-refractivity contribution in [1.29, 1.82) is 0 Å². The fourth-order valence-electron chi connectivity index (χ4n) is 2.04. The second-order valence-electron chi connectivity index (χ2n) is 4.80. The van der Waals surface area contributed by atoms with E-state index in [1.54, 1.807) is 0 Å². The zero-order chi connectivity index (χ0) is 12.1. The maximum atomic E-state index is 3.83. The molecule has 0 aliphatic heterocycles. The van der Waals surface area contributed by atoms with Crippen molar-refractivity contribution >= 4 is 15.9 Å². The van der Waals surface area contributed by atoms with Crippen molar-refractivity contribution in [2.24, 2.45) is 5.92 Å². The molecule has 0 N–H and O–H groups in total. The summed E-state index contributed by atoms with van der Waals surface area (Å²) in [4.78, 5) is 0.503. The van der Waals surface area contributed by atoms with Gasteiger partial charge in [0.05, 0.1) is 0 Å². The lowest BCUT2D eigenvalue weighted by Crippen LogP contribution is -2.05. The highest BCUT2D eigenvalue weighted by molar-refractivity contribution is 9.09. The summed E-state index contributed by atoms with van der Waals surface area (Å²) in [5.41, 5.74) is 2.84. The Morgan fingerprint density at radius 3 is 1.75 bits per heavy atom. The largest absolute Gasteiger partial charge is 0.0836 e. The second-order valence-corrected chi connectivity index (χ2v) is 5.79. The standard InChI is InChI=1S/C15H23Br/c1-5-12(6-2)15(16)14-9-7-13(8-10-14)11(3)4/h7-12,15H,5-6H2,1-4H3. The van der Waals surface area contributed by atoms with Crippen molar-refractivity contribution in [1.82, 2.24) is 0 Å². The molecule has 1 unspecified atom stereocenters. The van der Waals surface area contributed by atoms with Crippen LogP contribution in [0.25, 0.3) is 0 Å². The molecule has 0 nitrogen and oxygen atoms in total. The molecule has 1 aromatic carbocycles. The van der Waals surface area contributed by atoms with E-state index in [0.717, 1.165) is 5.92 Å². The molecule has 0 aromatic heterocycles. The van der Waals surface area contributed by atoms with Crippen LogP contribution in [0.3, 0.4) is 0 Å². The lowest BCUT2D eigenvalue weighted by Gasteiger charge is -2.20. The smallest absolute Gasteiger partial charge is 0.0423 e. The summed E-state index contributed by atoms with van der Waals surface area (Å²) in [6.45, 7) is 9.01. The Balaban J connectivity index is 2.80. The first-order valence-electron chi connectivity index (χ1n) is 6.34. The number of alkyl halides is 1. The average molecular weight is 283 g/mol. The monoisotopic (exact) mass is 282 g/mol. The van der Waals surface area contributed by atoms with E-state index in [1.165, 1.54) is 24.0 Å². The van der Waals surface area contributed by atoms with E-state index in [4.69, 9.17) is 0 Å². The first kappa shape index (κ1) is 13.8. The van der Waals surface area contributed by atoms with Crippen LogP contribution in [0.5, 0.6) is 0 Å². The minimum absolute atomic E-state index is 0.503. The topological polar surface area (TPSA) is 0 Å². The van der Waals surface area contributed by atoms with Crippen LogP contribution in [0.4, 0.5) is 0 Å². The molecule has 1 aromatic rings. The van der Waals surface area contributed by atoms with Crippen molar-refractivity contribution in [2.45, 2.75) is 51.3 Å². The molecule has 0 heterocycles. The maximum absolute atomic E-state index is 3.83. The highest BCUT2D eigenvalue weighted by Gasteiger charge is 2.17. The summed E-state index contributed by atoms with van der Waals surface area (Å²) in [6, 6.07) is 9.06. The minimum atomic E-state index is 0.503. The third-order valence-corrected chi connectivity index (χ3v) is 4.66. The Bertz CT molecular complexity index is 296. The van der Waals surface area contributed by atoms with E-state index in [2.05, 4.69) is 67.9 Å². The Morgan fingerprint density at radius 1 is 0.938 bits per heavy atom. The van der Waals surface area contributed by atoms with Gasteiger partial charge < -0.3 is 0 Å². The van der Waals surface area contributed by atoms with Crippen LogP contribution in [0, 0.1) is 5.92 Å². The molecule has 0 aliphatic carbocycles. The van der Waals surface area contributed by atoms with Gasteiger partial charge in [0, 0.05) is 4.83 Å². The first-order valence-corrected chi connectivity index (χ1v) is 7.25. The van der Waals surface area contributed by atoms with Crippen LogP contribution in [-0.2, 0) is 0 Å². The fraction of sp³-hybridized carbons (Fsp3) is 0.600. The van der Waals surface area contributed by atoms with Crippen molar-refractivity contribution in [3.63, 3.8) is 0 Å². The summed E-state index contributed by atoms with van der Waals surface area (Å²) in [7, 11) is 0. The third kappa shape index (κ3) is 3.35. The number of hydrogen-bond acceptors (Lipinski definition) is 0. The summed E-state index contributed by atoms with van der Waals surface area (Å²) in [5, 5.41) is 0. The molecule has 1 heteroatoms. The molecule has 1 atom stereocenters. The van der Waals surface area contributed by atoms with Crippen LogP contribution in [0.1, 0.15) is 62.4 Å². The van der Waals surface area contributed by atoms with Crippen molar-refractivity contribution in [3.8, 4) is 0 Å². The van der Waals surface area contributed by atoms with Crippen LogP contribution in [0.15, 0.2) is 24.3 Å². The Hall–Kier alpha value is -0.300. The molecule has 16 heavy (non-hydrogen) atoms. The van der Waals surface area contributed by atoms with Gasteiger partial charge in [0.25, 0.3) is 0 Å². The van der Waals surface area contributed by atoms with E-state index in [0.29, 0.717) is 10.7 Å². The van der Waals surface area contributed by atoms with Crippen molar-refractivity contribution < 1.29 is 0 Å². The van der Waals surface area contributed by atoms with Gasteiger partial charge in [-0.25, -0.2) is 0 Å². The lowest BCUT2D eigenvalue weighted by atomic mass is 9.93. The summed E-state index contributed by atoms with van der Waals surface area (Å²) in [6.07, 6.45) is 2.47. The van der Waals surface area contributed by atoms with Gasteiger partial charge in [-0.05, 0) is 23.0 Å². The van der Waals surface area contributed by atoms with Gasteiger partial charge in [0.2, 0.25) is 0 Å². The summed E-state index contributed by atoms with van der Waals surface area (Å²) in [5.74, 6) is 1.36. The van der Waals surface area contributed by atoms with Gasteiger partial charge in [-0.1, -0.05) is 80.7 Å². The Kier molecular flexibility index (Phi) is 5.54. The third-order valence-electron chi connectivity index (χ3n) is 3.38. The zero-order valence-electron chi connectivity index (χ0n) is 10.8. The molecular formula is C15H23Br. The number of rotatable bonds is 5. The molecule has 0 aliphatic rings. The average Bonchev–Trinajstić information content (AvgIpc) is 2.30. The van der Waals surface area contributed by atoms with Gasteiger partial charge >= 0.3 is 0 Å². The van der Waals surface area contributed by atoms with E-state index >= 15 is 0 Å². The van der Waals surface area contributed by atoms with Gasteiger partial charge in [0.15, 0.2) is 0 Å². The SMILES string of the molecule is CCC(CC)C(Br)c1ccc(C(C)C)cc1. The summed E-state index contributed by atoms with van der Waals surface area (Å²) >= 11 is 3.83. The van der Waals surface area contributed by atoms with Gasteiger partial charge in [-0.15, -0.1) is 0 Å². The van der Waals surface area contributed by atoms with Crippen LogP contribution < -0.4 is 0 Å². The molecular weight excluding hydrogens is 260 g/mol. The normalized spacial score (nSPS) is 13.4. The predicted octanol–water partition coefficient (Wildman–Crippen LogP) is 5.68. The fourth-order valence-corrected chi connectivity index (χ4v) is 3.09. The highest BCUT2D eigenvalue weighted by Crippen LogP contribution is 2.35. The summed E-state index contributed by atoms with van der Waals surface area (Å²) < 4.78 is 0. The molecule has 0 fully saturated rings. The number of halogens is 1. The highest BCUT2D eigenvalue weighted by atomic mass is 79.9. The van der Waals surface area contributed by atoms with Gasteiger partial charge in [-0.3, -0.25) is 0 Å². The molecule has 0 radical (unpaired) electrons.